The van der Waals surface area contributed by atoms with Crippen LogP contribution in [0.25, 0.3) is 0 Å². The van der Waals surface area contributed by atoms with E-state index in [0.717, 1.165) is 6.42 Å². The zero-order valence-corrected chi connectivity index (χ0v) is 8.13. The van der Waals surface area contributed by atoms with Gasteiger partial charge in [0.2, 0.25) is 5.88 Å². The summed E-state index contributed by atoms with van der Waals surface area (Å²) in [6.07, 6.45) is 4.56. The third-order valence-corrected chi connectivity index (χ3v) is 2.64. The number of rotatable bonds is 2. The van der Waals surface area contributed by atoms with Crippen molar-refractivity contribution in [1.82, 2.24) is 9.97 Å². The number of ether oxygens (including phenoxy) is 1. The second-order valence-electron chi connectivity index (χ2n) is 3.80. The third-order valence-electron chi connectivity index (χ3n) is 2.64. The second kappa shape index (κ2) is 3.92. The summed E-state index contributed by atoms with van der Waals surface area (Å²) < 4.78 is 5.60. The Labute approximate surface area is 83.0 Å². The smallest absolute Gasteiger partial charge is 0.216 e. The summed E-state index contributed by atoms with van der Waals surface area (Å²) >= 11 is 0. The molecule has 0 aliphatic heterocycles. The van der Waals surface area contributed by atoms with Crippen molar-refractivity contribution >= 4 is 0 Å². The van der Waals surface area contributed by atoms with Crippen LogP contribution in [-0.4, -0.2) is 27.3 Å². The van der Waals surface area contributed by atoms with Crippen LogP contribution in [0.15, 0.2) is 18.6 Å². The zero-order valence-electron chi connectivity index (χ0n) is 8.13. The molecule has 1 heterocycles. The molecule has 0 bridgehead atoms. The number of nitrogens with zero attached hydrogens (tertiary/aromatic N) is 2. The van der Waals surface area contributed by atoms with Gasteiger partial charge in [0.25, 0.3) is 0 Å². The van der Waals surface area contributed by atoms with Crippen molar-refractivity contribution in [3.05, 3.63) is 18.6 Å². The van der Waals surface area contributed by atoms with E-state index in [9.17, 15) is 5.11 Å². The molecule has 1 aromatic heterocycles. The molecule has 0 unspecified atom stereocenters. The summed E-state index contributed by atoms with van der Waals surface area (Å²) in [5, 5.41) is 9.53. The lowest BCUT2D eigenvalue weighted by Gasteiger charge is -2.11. The summed E-state index contributed by atoms with van der Waals surface area (Å²) in [4.78, 5) is 7.79. The minimum absolute atomic E-state index is 0.0925. The molecule has 0 saturated heterocycles. The van der Waals surface area contributed by atoms with Gasteiger partial charge >= 0.3 is 0 Å². The Morgan fingerprint density at radius 2 is 2.36 bits per heavy atom. The van der Waals surface area contributed by atoms with Crippen LogP contribution in [0.2, 0.25) is 0 Å². The number of aromatic nitrogens is 2. The highest BCUT2D eigenvalue weighted by Gasteiger charge is 2.31. The maximum atomic E-state index is 9.53. The Kier molecular flexibility index (Phi) is 2.63. The molecule has 0 aromatic carbocycles. The molecule has 0 radical (unpaired) electrons. The van der Waals surface area contributed by atoms with Gasteiger partial charge in [0, 0.05) is 18.7 Å². The highest BCUT2D eigenvalue weighted by molar-refractivity contribution is 5.05. The van der Waals surface area contributed by atoms with Gasteiger partial charge in [-0.15, -0.1) is 0 Å². The van der Waals surface area contributed by atoms with Crippen molar-refractivity contribution in [3.8, 4) is 5.88 Å². The molecular formula is C10H14N2O2. The van der Waals surface area contributed by atoms with E-state index in [0.29, 0.717) is 18.2 Å². The summed E-state index contributed by atoms with van der Waals surface area (Å²) in [5.41, 5.74) is 0. The summed E-state index contributed by atoms with van der Waals surface area (Å²) in [6.45, 7) is 2.04. The quantitative estimate of drug-likeness (QED) is 0.763. The summed E-state index contributed by atoms with van der Waals surface area (Å²) in [7, 11) is 0. The first-order valence-corrected chi connectivity index (χ1v) is 4.86. The number of hydrogen-bond acceptors (Lipinski definition) is 4. The second-order valence-corrected chi connectivity index (χ2v) is 3.80. The SMILES string of the molecule is C[C@H]1C[C@@H](Oc2ccncn2)C[C@@H]1O. The van der Waals surface area contributed by atoms with Gasteiger partial charge in [0.1, 0.15) is 12.4 Å². The van der Waals surface area contributed by atoms with Crippen molar-refractivity contribution < 1.29 is 9.84 Å². The van der Waals surface area contributed by atoms with E-state index in [2.05, 4.69) is 9.97 Å². The first kappa shape index (κ1) is 9.40. The molecule has 2 rings (SSSR count). The van der Waals surface area contributed by atoms with E-state index < -0.39 is 0 Å². The fourth-order valence-corrected chi connectivity index (χ4v) is 1.78. The van der Waals surface area contributed by atoms with Crippen molar-refractivity contribution in [2.45, 2.75) is 32.0 Å². The van der Waals surface area contributed by atoms with E-state index in [1.54, 1.807) is 12.3 Å². The largest absolute Gasteiger partial charge is 0.474 e. The van der Waals surface area contributed by atoms with Crippen molar-refractivity contribution in [3.63, 3.8) is 0 Å². The van der Waals surface area contributed by atoms with Crippen LogP contribution in [0.5, 0.6) is 5.88 Å². The molecule has 0 amide bonds. The lowest BCUT2D eigenvalue weighted by molar-refractivity contribution is 0.128. The molecule has 3 atom stereocenters. The molecule has 1 N–H and O–H groups in total. The fourth-order valence-electron chi connectivity index (χ4n) is 1.78. The van der Waals surface area contributed by atoms with Crippen molar-refractivity contribution in [1.29, 1.82) is 0 Å². The van der Waals surface area contributed by atoms with Gasteiger partial charge in [-0.3, -0.25) is 0 Å². The Bertz CT molecular complexity index is 281. The molecule has 1 aromatic rings. The van der Waals surface area contributed by atoms with Crippen molar-refractivity contribution in [2.75, 3.05) is 0 Å². The van der Waals surface area contributed by atoms with Gasteiger partial charge in [-0.2, -0.15) is 0 Å². The minimum atomic E-state index is -0.234. The molecule has 1 fully saturated rings. The highest BCUT2D eigenvalue weighted by Crippen LogP contribution is 2.28. The van der Waals surface area contributed by atoms with E-state index in [1.807, 2.05) is 6.92 Å². The molecule has 0 spiro atoms. The Hall–Kier alpha value is -1.16. The lowest BCUT2D eigenvalue weighted by Crippen LogP contribution is -2.14. The Balaban J connectivity index is 1.94. The molecule has 1 aliphatic carbocycles. The average molecular weight is 194 g/mol. The zero-order chi connectivity index (χ0) is 9.97. The predicted molar refractivity (Wildman–Crippen MR) is 50.9 cm³/mol. The summed E-state index contributed by atoms with van der Waals surface area (Å²) in [6, 6.07) is 1.73. The van der Waals surface area contributed by atoms with Gasteiger partial charge in [0.15, 0.2) is 0 Å². The van der Waals surface area contributed by atoms with Crippen LogP contribution < -0.4 is 4.74 Å². The molecule has 76 valence electrons. The maximum Gasteiger partial charge on any atom is 0.216 e. The fraction of sp³-hybridized carbons (Fsp3) is 0.600. The first-order valence-electron chi connectivity index (χ1n) is 4.86. The minimum Gasteiger partial charge on any atom is -0.474 e. The number of aliphatic hydroxyl groups excluding tert-OH is 1. The predicted octanol–water partition coefficient (Wildman–Crippen LogP) is 1.01. The molecule has 1 saturated carbocycles. The van der Waals surface area contributed by atoms with Crippen LogP contribution in [0, 0.1) is 5.92 Å². The van der Waals surface area contributed by atoms with E-state index in [-0.39, 0.29) is 12.2 Å². The van der Waals surface area contributed by atoms with Gasteiger partial charge in [-0.1, -0.05) is 6.92 Å². The van der Waals surface area contributed by atoms with Gasteiger partial charge in [-0.05, 0) is 12.3 Å². The van der Waals surface area contributed by atoms with E-state index in [1.165, 1.54) is 6.33 Å². The molecule has 1 aliphatic rings. The number of aliphatic hydroxyl groups is 1. The third kappa shape index (κ3) is 2.01. The van der Waals surface area contributed by atoms with Gasteiger partial charge < -0.3 is 9.84 Å². The molecule has 14 heavy (non-hydrogen) atoms. The van der Waals surface area contributed by atoms with E-state index >= 15 is 0 Å². The van der Waals surface area contributed by atoms with Crippen LogP contribution in [0.4, 0.5) is 0 Å². The average Bonchev–Trinajstić information content (AvgIpc) is 2.47. The molecule has 4 nitrogen and oxygen atoms in total. The molecule has 4 heteroatoms. The van der Waals surface area contributed by atoms with E-state index in [4.69, 9.17) is 4.74 Å². The van der Waals surface area contributed by atoms with Gasteiger partial charge in [-0.25, -0.2) is 9.97 Å². The van der Waals surface area contributed by atoms with Crippen LogP contribution in [-0.2, 0) is 0 Å². The van der Waals surface area contributed by atoms with Crippen molar-refractivity contribution in [2.24, 2.45) is 5.92 Å². The standard InChI is InChI=1S/C10H14N2O2/c1-7-4-8(5-9(7)13)14-10-2-3-11-6-12-10/h2-3,6-9,13H,4-5H2,1H3/t7-,8+,9-/m0/s1. The Morgan fingerprint density at radius 3 is 2.93 bits per heavy atom. The Morgan fingerprint density at radius 1 is 1.50 bits per heavy atom. The first-order chi connectivity index (χ1) is 6.75. The van der Waals surface area contributed by atoms with Crippen LogP contribution in [0.3, 0.4) is 0 Å². The normalized spacial score (nSPS) is 31.7. The lowest BCUT2D eigenvalue weighted by atomic mass is 10.1. The maximum absolute atomic E-state index is 9.53. The summed E-state index contributed by atoms with van der Waals surface area (Å²) in [5.74, 6) is 0.910. The topological polar surface area (TPSA) is 55.2 Å². The van der Waals surface area contributed by atoms with Crippen LogP contribution >= 0.6 is 0 Å². The monoisotopic (exact) mass is 194 g/mol. The highest BCUT2D eigenvalue weighted by atomic mass is 16.5. The number of hydrogen-bond donors (Lipinski definition) is 1. The van der Waals surface area contributed by atoms with Crippen LogP contribution in [0.1, 0.15) is 19.8 Å². The molecular weight excluding hydrogens is 180 g/mol. The van der Waals surface area contributed by atoms with Gasteiger partial charge in [0.05, 0.1) is 6.10 Å².